The summed E-state index contributed by atoms with van der Waals surface area (Å²) in [5.41, 5.74) is 0.429. The van der Waals surface area contributed by atoms with Crippen LogP contribution in [0.3, 0.4) is 0 Å². The zero-order chi connectivity index (χ0) is 15.4. The smallest absolute Gasteiger partial charge is 0.315 e. The van der Waals surface area contributed by atoms with Gasteiger partial charge in [0.15, 0.2) is 11.5 Å². The summed E-state index contributed by atoms with van der Waals surface area (Å²) < 4.78 is 4.79. The highest BCUT2D eigenvalue weighted by molar-refractivity contribution is 5.99. The van der Waals surface area contributed by atoms with Gasteiger partial charge in [-0.15, -0.1) is 0 Å². The summed E-state index contributed by atoms with van der Waals surface area (Å²) in [6.07, 6.45) is 0.101. The lowest BCUT2D eigenvalue weighted by molar-refractivity contribution is -0.385. The van der Waals surface area contributed by atoms with Gasteiger partial charge < -0.3 is 9.84 Å². The maximum atomic E-state index is 12.2. The van der Waals surface area contributed by atoms with Gasteiger partial charge in [-0.25, -0.2) is 0 Å². The second-order valence-corrected chi connectivity index (χ2v) is 4.39. The minimum atomic E-state index is -0.697. The second kappa shape index (κ2) is 6.04. The molecule has 0 aliphatic heterocycles. The number of carbonyl (C=O) groups is 1. The van der Waals surface area contributed by atoms with Crippen molar-refractivity contribution in [3.05, 3.63) is 63.7 Å². The molecule has 0 bridgehead atoms. The number of methoxy groups -OCH3 is 1. The van der Waals surface area contributed by atoms with E-state index in [1.165, 1.54) is 13.2 Å². The van der Waals surface area contributed by atoms with Crippen LogP contribution >= 0.6 is 0 Å². The molecule has 21 heavy (non-hydrogen) atoms. The predicted molar refractivity (Wildman–Crippen MR) is 75.8 cm³/mol. The Morgan fingerprint density at radius 3 is 2.52 bits per heavy atom. The molecule has 0 radical (unpaired) electrons. The highest BCUT2D eigenvalue weighted by Gasteiger charge is 2.22. The number of rotatable bonds is 5. The van der Waals surface area contributed by atoms with E-state index in [9.17, 15) is 20.0 Å². The number of nitrogens with zero attached hydrogens (tertiary/aromatic N) is 1. The Kier molecular flexibility index (Phi) is 4.18. The number of hydrogen-bond acceptors (Lipinski definition) is 5. The van der Waals surface area contributed by atoms with Gasteiger partial charge in [0, 0.05) is 18.1 Å². The fourth-order valence-electron chi connectivity index (χ4n) is 1.99. The van der Waals surface area contributed by atoms with Crippen molar-refractivity contribution in [2.45, 2.75) is 6.42 Å². The second-order valence-electron chi connectivity index (χ2n) is 4.39. The topological polar surface area (TPSA) is 89.7 Å². The summed E-state index contributed by atoms with van der Waals surface area (Å²) in [5, 5.41) is 20.7. The van der Waals surface area contributed by atoms with Crippen LogP contribution in [0.4, 0.5) is 5.69 Å². The van der Waals surface area contributed by atoms with Crippen LogP contribution in [-0.4, -0.2) is 22.9 Å². The van der Waals surface area contributed by atoms with Crippen molar-refractivity contribution in [1.82, 2.24) is 0 Å². The number of phenols is 1. The van der Waals surface area contributed by atoms with Crippen molar-refractivity contribution in [3.8, 4) is 11.5 Å². The molecule has 0 aromatic heterocycles. The minimum Gasteiger partial charge on any atom is -0.504 e. The Morgan fingerprint density at radius 1 is 1.29 bits per heavy atom. The van der Waals surface area contributed by atoms with Gasteiger partial charge in [-0.05, 0) is 11.6 Å². The van der Waals surface area contributed by atoms with Crippen molar-refractivity contribution in [2.24, 2.45) is 0 Å². The lowest BCUT2D eigenvalue weighted by Gasteiger charge is -2.07. The molecule has 2 aromatic rings. The van der Waals surface area contributed by atoms with E-state index in [1.807, 2.05) is 6.07 Å². The summed E-state index contributed by atoms with van der Waals surface area (Å²) in [6, 6.07) is 11.3. The minimum absolute atomic E-state index is 0.0730. The largest absolute Gasteiger partial charge is 0.504 e. The molecular formula is C15H13NO5. The molecule has 0 fully saturated rings. The van der Waals surface area contributed by atoms with Crippen LogP contribution in [0, 0.1) is 10.1 Å². The quantitative estimate of drug-likeness (QED) is 0.519. The molecule has 108 valence electrons. The third-order valence-electron chi connectivity index (χ3n) is 2.98. The van der Waals surface area contributed by atoms with Crippen LogP contribution in [0.1, 0.15) is 15.9 Å². The lowest BCUT2D eigenvalue weighted by Crippen LogP contribution is -2.05. The molecule has 0 saturated heterocycles. The Bertz CT molecular complexity index is 682. The average molecular weight is 287 g/mol. The molecule has 2 rings (SSSR count). The summed E-state index contributed by atoms with van der Waals surface area (Å²) in [7, 11) is 1.22. The lowest BCUT2D eigenvalue weighted by atomic mass is 10.0. The van der Waals surface area contributed by atoms with Crippen molar-refractivity contribution >= 4 is 11.5 Å². The SMILES string of the molecule is COc1c(O)cc(C(=O)Cc2ccccc2)cc1[N+](=O)[O-]. The zero-order valence-corrected chi connectivity index (χ0v) is 11.3. The van der Waals surface area contributed by atoms with Gasteiger partial charge >= 0.3 is 5.69 Å². The number of phenolic OH excluding ortho intramolecular Hbond substituents is 1. The van der Waals surface area contributed by atoms with Crippen molar-refractivity contribution in [3.63, 3.8) is 0 Å². The van der Waals surface area contributed by atoms with E-state index in [0.29, 0.717) is 0 Å². The van der Waals surface area contributed by atoms with Gasteiger partial charge in [0.05, 0.1) is 12.0 Å². The number of Topliss-reactive ketones (excluding diaryl/α,β-unsaturated/α-hetero) is 1. The first-order valence-electron chi connectivity index (χ1n) is 6.15. The van der Waals surface area contributed by atoms with E-state index in [-0.39, 0.29) is 23.5 Å². The fraction of sp³-hybridized carbons (Fsp3) is 0.133. The molecule has 0 amide bonds. The summed E-state index contributed by atoms with van der Waals surface area (Å²) in [4.78, 5) is 22.4. The van der Waals surface area contributed by atoms with E-state index in [1.54, 1.807) is 24.3 Å². The summed E-state index contributed by atoms with van der Waals surface area (Å²) >= 11 is 0. The summed E-state index contributed by atoms with van der Waals surface area (Å²) in [6.45, 7) is 0. The molecule has 0 atom stereocenters. The molecule has 0 aliphatic rings. The number of ether oxygens (including phenoxy) is 1. The number of benzene rings is 2. The van der Waals surface area contributed by atoms with Crippen LogP contribution in [0.2, 0.25) is 0 Å². The van der Waals surface area contributed by atoms with Gasteiger partial charge in [0.2, 0.25) is 5.75 Å². The normalized spacial score (nSPS) is 10.1. The van der Waals surface area contributed by atoms with E-state index in [4.69, 9.17) is 4.74 Å². The van der Waals surface area contributed by atoms with Crippen LogP contribution < -0.4 is 4.74 Å². The maximum Gasteiger partial charge on any atom is 0.315 e. The number of nitro groups is 1. The molecule has 6 heteroatoms. The molecule has 0 saturated carbocycles. The Hall–Kier alpha value is -2.89. The molecule has 1 N–H and O–H groups in total. The van der Waals surface area contributed by atoms with Gasteiger partial charge in [0.25, 0.3) is 0 Å². The Morgan fingerprint density at radius 2 is 1.95 bits per heavy atom. The number of carbonyl (C=O) groups excluding carboxylic acids is 1. The van der Waals surface area contributed by atoms with Crippen molar-refractivity contribution in [2.75, 3.05) is 7.11 Å². The maximum absolute atomic E-state index is 12.2. The van der Waals surface area contributed by atoms with Crippen LogP contribution in [0.15, 0.2) is 42.5 Å². The third kappa shape index (κ3) is 3.17. The first-order valence-corrected chi connectivity index (χ1v) is 6.15. The van der Waals surface area contributed by atoms with Crippen LogP contribution in [-0.2, 0) is 6.42 Å². The molecule has 2 aromatic carbocycles. The van der Waals surface area contributed by atoms with Crippen molar-refractivity contribution < 1.29 is 19.6 Å². The van der Waals surface area contributed by atoms with E-state index >= 15 is 0 Å². The molecule has 0 spiro atoms. The monoisotopic (exact) mass is 287 g/mol. The molecule has 0 unspecified atom stereocenters. The average Bonchev–Trinajstić information content (AvgIpc) is 2.47. The molecule has 0 heterocycles. The zero-order valence-electron chi connectivity index (χ0n) is 11.3. The number of ketones is 1. The van der Waals surface area contributed by atoms with Gasteiger partial charge in [-0.3, -0.25) is 14.9 Å². The van der Waals surface area contributed by atoms with Crippen LogP contribution in [0.25, 0.3) is 0 Å². The number of nitro benzene ring substituents is 1. The number of aromatic hydroxyl groups is 1. The number of hydrogen-bond donors (Lipinski definition) is 1. The predicted octanol–water partition coefficient (Wildman–Crippen LogP) is 2.73. The van der Waals surface area contributed by atoms with E-state index in [2.05, 4.69) is 0 Å². The van der Waals surface area contributed by atoms with E-state index in [0.717, 1.165) is 11.6 Å². The summed E-state index contributed by atoms with van der Waals surface area (Å²) in [5.74, 6) is -0.998. The van der Waals surface area contributed by atoms with E-state index < -0.39 is 16.4 Å². The molecule has 6 nitrogen and oxygen atoms in total. The first kappa shape index (κ1) is 14.5. The standard InChI is InChI=1S/C15H13NO5/c1-21-15-12(16(19)20)8-11(9-14(15)18)13(17)7-10-5-3-2-4-6-10/h2-6,8-9,18H,7H2,1H3. The molecular weight excluding hydrogens is 274 g/mol. The highest BCUT2D eigenvalue weighted by Crippen LogP contribution is 2.37. The van der Waals surface area contributed by atoms with Crippen LogP contribution in [0.5, 0.6) is 11.5 Å². The highest BCUT2D eigenvalue weighted by atomic mass is 16.6. The van der Waals surface area contributed by atoms with Gasteiger partial charge in [0.1, 0.15) is 0 Å². The van der Waals surface area contributed by atoms with Gasteiger partial charge in [-0.1, -0.05) is 30.3 Å². The van der Waals surface area contributed by atoms with Crippen molar-refractivity contribution in [1.29, 1.82) is 0 Å². The third-order valence-corrected chi connectivity index (χ3v) is 2.98. The Labute approximate surface area is 120 Å². The van der Waals surface area contributed by atoms with Gasteiger partial charge in [-0.2, -0.15) is 0 Å². The molecule has 0 aliphatic carbocycles. The first-order chi connectivity index (χ1) is 10.0. The Balaban J connectivity index is 2.36. The fourth-order valence-corrected chi connectivity index (χ4v) is 1.99.